The molecule has 1 aromatic rings. The summed E-state index contributed by atoms with van der Waals surface area (Å²) in [6.45, 7) is 2.06. The van der Waals surface area contributed by atoms with Crippen LogP contribution in [-0.2, 0) is 5.41 Å². The lowest BCUT2D eigenvalue weighted by Gasteiger charge is -2.22. The van der Waals surface area contributed by atoms with E-state index in [0.717, 1.165) is 42.0 Å². The molecule has 1 aromatic heterocycles. The van der Waals surface area contributed by atoms with Crippen LogP contribution in [0.3, 0.4) is 0 Å². The van der Waals surface area contributed by atoms with Crippen LogP contribution >= 0.6 is 11.8 Å². The van der Waals surface area contributed by atoms with Crippen molar-refractivity contribution in [1.29, 1.82) is 5.26 Å². The zero-order chi connectivity index (χ0) is 11.6. The minimum Gasteiger partial charge on any atom is -0.245 e. The van der Waals surface area contributed by atoms with Crippen LogP contribution in [0.5, 0.6) is 0 Å². The maximum Gasteiger partial charge on any atom is 0.0996 e. The van der Waals surface area contributed by atoms with Crippen molar-refractivity contribution in [2.75, 3.05) is 6.26 Å². The molecule has 0 spiro atoms. The molecule has 0 unspecified atom stereocenters. The summed E-state index contributed by atoms with van der Waals surface area (Å²) in [5.74, 6) is 0. The molecule has 1 aliphatic rings. The van der Waals surface area contributed by atoms with E-state index >= 15 is 0 Å². The van der Waals surface area contributed by atoms with Gasteiger partial charge < -0.3 is 0 Å². The Labute approximate surface area is 101 Å². The molecule has 1 aliphatic carbocycles. The number of nitrogens with zero attached hydrogens (tertiary/aromatic N) is 2. The van der Waals surface area contributed by atoms with Gasteiger partial charge in [-0.3, -0.25) is 0 Å². The first-order valence-electron chi connectivity index (χ1n) is 5.65. The first-order valence-corrected chi connectivity index (χ1v) is 6.88. The SMILES string of the molecule is CSc1ccc(C)c(C2(C#N)CCCC2)n1. The van der Waals surface area contributed by atoms with Gasteiger partial charge in [0.2, 0.25) is 0 Å². The van der Waals surface area contributed by atoms with Gasteiger partial charge in [-0.05, 0) is 37.7 Å². The summed E-state index contributed by atoms with van der Waals surface area (Å²) in [5.41, 5.74) is 1.86. The monoisotopic (exact) mass is 232 g/mol. The zero-order valence-corrected chi connectivity index (χ0v) is 10.6. The topological polar surface area (TPSA) is 36.7 Å². The van der Waals surface area contributed by atoms with E-state index in [1.165, 1.54) is 0 Å². The van der Waals surface area contributed by atoms with Gasteiger partial charge in [-0.1, -0.05) is 18.9 Å². The summed E-state index contributed by atoms with van der Waals surface area (Å²) in [5, 5.41) is 10.5. The van der Waals surface area contributed by atoms with Crippen LogP contribution in [0.15, 0.2) is 17.2 Å². The average Bonchev–Trinajstić information content (AvgIpc) is 2.79. The lowest BCUT2D eigenvalue weighted by Crippen LogP contribution is -2.22. The highest BCUT2D eigenvalue weighted by molar-refractivity contribution is 7.98. The molecule has 2 rings (SSSR count). The molecule has 0 aromatic carbocycles. The summed E-state index contributed by atoms with van der Waals surface area (Å²) in [6, 6.07) is 6.63. The number of aromatic nitrogens is 1. The fourth-order valence-electron chi connectivity index (χ4n) is 2.49. The summed E-state index contributed by atoms with van der Waals surface area (Å²) < 4.78 is 0. The lowest BCUT2D eigenvalue weighted by molar-refractivity contribution is 0.545. The molecule has 0 atom stereocenters. The summed E-state index contributed by atoms with van der Waals surface area (Å²) >= 11 is 1.64. The molecular formula is C13H16N2S. The van der Waals surface area contributed by atoms with Crippen LogP contribution in [0.4, 0.5) is 0 Å². The van der Waals surface area contributed by atoms with Crippen molar-refractivity contribution in [2.45, 2.75) is 43.0 Å². The molecule has 2 nitrogen and oxygen atoms in total. The van der Waals surface area contributed by atoms with Gasteiger partial charge in [-0.2, -0.15) is 5.26 Å². The second-order valence-corrected chi connectivity index (χ2v) is 5.25. The number of thioether (sulfide) groups is 1. The predicted molar refractivity (Wildman–Crippen MR) is 66.5 cm³/mol. The molecule has 0 aliphatic heterocycles. The van der Waals surface area contributed by atoms with E-state index in [2.05, 4.69) is 24.0 Å². The second kappa shape index (κ2) is 4.47. The molecule has 3 heteroatoms. The Morgan fingerprint density at radius 1 is 1.38 bits per heavy atom. The van der Waals surface area contributed by atoms with E-state index < -0.39 is 0 Å². The van der Waals surface area contributed by atoms with Gasteiger partial charge in [0.05, 0.1) is 22.2 Å². The van der Waals surface area contributed by atoms with Crippen molar-refractivity contribution in [1.82, 2.24) is 4.98 Å². The van der Waals surface area contributed by atoms with Crippen LogP contribution in [0, 0.1) is 18.3 Å². The Morgan fingerprint density at radius 2 is 2.06 bits per heavy atom. The van der Waals surface area contributed by atoms with Crippen LogP contribution in [-0.4, -0.2) is 11.2 Å². The van der Waals surface area contributed by atoms with Gasteiger partial charge in [0.1, 0.15) is 0 Å². The van der Waals surface area contributed by atoms with Crippen molar-refractivity contribution in [3.63, 3.8) is 0 Å². The van der Waals surface area contributed by atoms with E-state index in [1.54, 1.807) is 11.8 Å². The molecule has 0 radical (unpaired) electrons. The standard InChI is InChI=1S/C13H16N2S/c1-10-5-6-11(16-2)15-12(10)13(9-14)7-3-4-8-13/h5-6H,3-4,7-8H2,1-2H3. The van der Waals surface area contributed by atoms with Gasteiger partial charge in [-0.15, -0.1) is 11.8 Å². The third kappa shape index (κ3) is 1.82. The number of hydrogen-bond acceptors (Lipinski definition) is 3. The number of pyridine rings is 1. The maximum absolute atomic E-state index is 9.46. The number of hydrogen-bond donors (Lipinski definition) is 0. The molecule has 0 bridgehead atoms. The van der Waals surface area contributed by atoms with E-state index in [9.17, 15) is 5.26 Å². The Hall–Kier alpha value is -1.01. The molecule has 1 heterocycles. The minimum absolute atomic E-state index is 0.310. The second-order valence-electron chi connectivity index (χ2n) is 4.42. The third-order valence-electron chi connectivity index (χ3n) is 3.40. The molecule has 0 amide bonds. The van der Waals surface area contributed by atoms with Crippen molar-refractivity contribution >= 4 is 11.8 Å². The fourth-order valence-corrected chi connectivity index (χ4v) is 2.88. The van der Waals surface area contributed by atoms with Crippen LogP contribution < -0.4 is 0 Å². The van der Waals surface area contributed by atoms with Crippen LogP contribution in [0.25, 0.3) is 0 Å². The first-order chi connectivity index (χ1) is 7.72. The Morgan fingerprint density at radius 3 is 2.62 bits per heavy atom. The minimum atomic E-state index is -0.310. The summed E-state index contributed by atoms with van der Waals surface area (Å²) in [7, 11) is 0. The predicted octanol–water partition coefficient (Wildman–Crippen LogP) is 3.45. The zero-order valence-electron chi connectivity index (χ0n) is 9.79. The van der Waals surface area contributed by atoms with Crippen molar-refractivity contribution in [2.24, 2.45) is 0 Å². The van der Waals surface area contributed by atoms with E-state index in [0.29, 0.717) is 0 Å². The molecule has 1 saturated carbocycles. The highest BCUT2D eigenvalue weighted by Crippen LogP contribution is 2.41. The molecule has 1 fully saturated rings. The Balaban J connectivity index is 2.49. The Bertz CT molecular complexity index is 428. The highest BCUT2D eigenvalue weighted by Gasteiger charge is 2.38. The highest BCUT2D eigenvalue weighted by atomic mass is 32.2. The number of aryl methyl sites for hydroxylation is 1. The van der Waals surface area contributed by atoms with Crippen LogP contribution in [0.1, 0.15) is 36.9 Å². The summed E-state index contributed by atoms with van der Waals surface area (Å²) in [6.07, 6.45) is 6.26. The fraction of sp³-hybridized carbons (Fsp3) is 0.538. The van der Waals surface area contributed by atoms with Crippen molar-refractivity contribution < 1.29 is 0 Å². The maximum atomic E-state index is 9.46. The van der Waals surface area contributed by atoms with E-state index in [-0.39, 0.29) is 5.41 Å². The third-order valence-corrected chi connectivity index (χ3v) is 4.05. The Kier molecular flexibility index (Phi) is 3.20. The normalized spacial score (nSPS) is 18.3. The number of rotatable bonds is 2. The van der Waals surface area contributed by atoms with Crippen molar-refractivity contribution in [3.8, 4) is 6.07 Å². The smallest absolute Gasteiger partial charge is 0.0996 e. The molecule has 84 valence electrons. The van der Waals surface area contributed by atoms with Gasteiger partial charge in [-0.25, -0.2) is 4.98 Å². The lowest BCUT2D eigenvalue weighted by atomic mass is 9.82. The van der Waals surface area contributed by atoms with Gasteiger partial charge in [0, 0.05) is 0 Å². The quantitative estimate of drug-likeness (QED) is 0.733. The number of nitriles is 1. The van der Waals surface area contributed by atoms with Gasteiger partial charge in [0.25, 0.3) is 0 Å². The van der Waals surface area contributed by atoms with Gasteiger partial charge >= 0.3 is 0 Å². The summed E-state index contributed by atoms with van der Waals surface area (Å²) in [4.78, 5) is 4.66. The van der Waals surface area contributed by atoms with Crippen molar-refractivity contribution in [3.05, 3.63) is 23.4 Å². The average molecular weight is 232 g/mol. The van der Waals surface area contributed by atoms with E-state index in [1.807, 2.05) is 12.3 Å². The first kappa shape index (κ1) is 11.5. The molecular weight excluding hydrogens is 216 g/mol. The molecule has 0 saturated heterocycles. The molecule has 16 heavy (non-hydrogen) atoms. The van der Waals surface area contributed by atoms with E-state index in [4.69, 9.17) is 0 Å². The molecule has 0 N–H and O–H groups in total. The van der Waals surface area contributed by atoms with Crippen LogP contribution in [0.2, 0.25) is 0 Å². The van der Waals surface area contributed by atoms with Gasteiger partial charge in [0.15, 0.2) is 0 Å². The largest absolute Gasteiger partial charge is 0.245 e.